The first kappa shape index (κ1) is 14.4. The third-order valence-electron chi connectivity index (χ3n) is 3.93. The first-order valence-corrected chi connectivity index (χ1v) is 7.53. The summed E-state index contributed by atoms with van der Waals surface area (Å²) >= 11 is 0. The molecule has 0 bridgehead atoms. The summed E-state index contributed by atoms with van der Waals surface area (Å²) in [7, 11) is 1.98. The molecule has 1 aliphatic rings. The third kappa shape index (κ3) is 3.19. The zero-order valence-electron chi connectivity index (χ0n) is 13.0. The topological polar surface area (TPSA) is 43.4 Å². The lowest BCUT2D eigenvalue weighted by atomic mass is 9.95. The van der Waals surface area contributed by atoms with Crippen LogP contribution in [0.1, 0.15) is 35.6 Å². The van der Waals surface area contributed by atoms with Crippen LogP contribution < -0.4 is 0 Å². The van der Waals surface area contributed by atoms with E-state index in [1.807, 2.05) is 31.6 Å². The molecule has 0 N–H and O–H groups in total. The van der Waals surface area contributed by atoms with E-state index in [-0.39, 0.29) is 0 Å². The van der Waals surface area contributed by atoms with Crippen molar-refractivity contribution in [1.29, 1.82) is 0 Å². The van der Waals surface area contributed by atoms with Crippen molar-refractivity contribution in [2.75, 3.05) is 19.8 Å². The molecule has 0 amide bonds. The molecule has 0 aromatic carbocycles. The van der Waals surface area contributed by atoms with E-state index < -0.39 is 0 Å². The standard InChI is InChI=1S/C16H23N3O2/c1-4-20-11-13-7-19(8-14-6-5-12(2)21-14)10-16-15(13)9-18(3)17-16/h5-6,9,13H,4,7-8,10-11H2,1-3H3. The fourth-order valence-electron chi connectivity index (χ4n) is 3.02. The summed E-state index contributed by atoms with van der Waals surface area (Å²) in [5.74, 6) is 2.37. The highest BCUT2D eigenvalue weighted by atomic mass is 16.5. The smallest absolute Gasteiger partial charge is 0.118 e. The molecule has 5 nitrogen and oxygen atoms in total. The van der Waals surface area contributed by atoms with Gasteiger partial charge in [-0.3, -0.25) is 9.58 Å². The van der Waals surface area contributed by atoms with E-state index in [1.54, 1.807) is 0 Å². The highest BCUT2D eigenvalue weighted by Gasteiger charge is 2.28. The molecular weight excluding hydrogens is 266 g/mol. The van der Waals surface area contributed by atoms with Crippen molar-refractivity contribution in [1.82, 2.24) is 14.7 Å². The number of hydrogen-bond acceptors (Lipinski definition) is 4. The Kier molecular flexibility index (Phi) is 4.12. The fourth-order valence-corrected chi connectivity index (χ4v) is 3.02. The van der Waals surface area contributed by atoms with Crippen molar-refractivity contribution in [3.8, 4) is 0 Å². The SMILES string of the molecule is CCOCC1CN(Cc2ccc(C)o2)Cc2nn(C)cc21. The van der Waals surface area contributed by atoms with Gasteiger partial charge < -0.3 is 9.15 Å². The maximum Gasteiger partial charge on any atom is 0.118 e. The van der Waals surface area contributed by atoms with Gasteiger partial charge in [0, 0.05) is 44.4 Å². The molecule has 2 aromatic heterocycles. The summed E-state index contributed by atoms with van der Waals surface area (Å²) < 4.78 is 13.3. The summed E-state index contributed by atoms with van der Waals surface area (Å²) in [5, 5.41) is 4.60. The van der Waals surface area contributed by atoms with Gasteiger partial charge in [-0.05, 0) is 26.0 Å². The molecule has 3 rings (SSSR count). The van der Waals surface area contributed by atoms with E-state index in [0.29, 0.717) is 5.92 Å². The quantitative estimate of drug-likeness (QED) is 0.848. The van der Waals surface area contributed by atoms with Crippen molar-refractivity contribution in [3.05, 3.63) is 41.1 Å². The van der Waals surface area contributed by atoms with Crippen LogP contribution in [-0.4, -0.2) is 34.4 Å². The Balaban J connectivity index is 1.76. The minimum absolute atomic E-state index is 0.387. The van der Waals surface area contributed by atoms with E-state index in [9.17, 15) is 0 Å². The largest absolute Gasteiger partial charge is 0.465 e. The van der Waals surface area contributed by atoms with E-state index in [1.165, 1.54) is 5.56 Å². The maximum absolute atomic E-state index is 5.70. The molecule has 3 heterocycles. The van der Waals surface area contributed by atoms with E-state index in [0.717, 1.165) is 50.1 Å². The fraction of sp³-hybridized carbons (Fsp3) is 0.562. The van der Waals surface area contributed by atoms with Gasteiger partial charge in [0.15, 0.2) is 0 Å². The Bertz CT molecular complexity index is 602. The zero-order chi connectivity index (χ0) is 14.8. The Morgan fingerprint density at radius 3 is 3.00 bits per heavy atom. The number of hydrogen-bond donors (Lipinski definition) is 0. The van der Waals surface area contributed by atoms with Crippen LogP contribution in [0.15, 0.2) is 22.7 Å². The minimum atomic E-state index is 0.387. The van der Waals surface area contributed by atoms with Crippen LogP contribution in [-0.2, 0) is 24.9 Å². The number of fused-ring (bicyclic) bond motifs is 1. The van der Waals surface area contributed by atoms with Gasteiger partial charge in [-0.2, -0.15) is 5.10 Å². The molecule has 0 saturated heterocycles. The average Bonchev–Trinajstić information content (AvgIpc) is 3.01. The molecule has 0 radical (unpaired) electrons. The Labute approximate surface area is 125 Å². The van der Waals surface area contributed by atoms with Gasteiger partial charge in [0.1, 0.15) is 11.5 Å². The second-order valence-electron chi connectivity index (χ2n) is 5.74. The molecule has 0 fully saturated rings. The third-order valence-corrected chi connectivity index (χ3v) is 3.93. The number of rotatable bonds is 5. The lowest BCUT2D eigenvalue weighted by Crippen LogP contribution is -2.34. The molecule has 1 unspecified atom stereocenters. The normalized spacial score (nSPS) is 18.9. The Morgan fingerprint density at radius 1 is 1.43 bits per heavy atom. The van der Waals surface area contributed by atoms with Crippen molar-refractivity contribution >= 4 is 0 Å². The molecule has 2 aromatic rings. The molecule has 5 heteroatoms. The summed E-state index contributed by atoms with van der Waals surface area (Å²) in [6.45, 7) is 8.21. The predicted molar refractivity (Wildman–Crippen MR) is 80.0 cm³/mol. The number of nitrogens with zero attached hydrogens (tertiary/aromatic N) is 3. The molecule has 0 spiro atoms. The lowest BCUT2D eigenvalue weighted by Gasteiger charge is -2.31. The molecule has 114 valence electrons. The summed E-state index contributed by atoms with van der Waals surface area (Å²) in [6, 6.07) is 4.07. The molecule has 21 heavy (non-hydrogen) atoms. The van der Waals surface area contributed by atoms with Crippen LogP contribution in [0.25, 0.3) is 0 Å². The van der Waals surface area contributed by atoms with Crippen LogP contribution in [0.5, 0.6) is 0 Å². The van der Waals surface area contributed by atoms with Crippen LogP contribution in [0.3, 0.4) is 0 Å². The summed E-state index contributed by atoms with van der Waals surface area (Å²) in [5.41, 5.74) is 2.49. The van der Waals surface area contributed by atoms with E-state index in [4.69, 9.17) is 9.15 Å². The van der Waals surface area contributed by atoms with Gasteiger partial charge in [-0.25, -0.2) is 0 Å². The van der Waals surface area contributed by atoms with Crippen LogP contribution in [0, 0.1) is 6.92 Å². The van der Waals surface area contributed by atoms with Gasteiger partial charge in [-0.15, -0.1) is 0 Å². The molecule has 0 saturated carbocycles. The van der Waals surface area contributed by atoms with Crippen molar-refractivity contribution < 1.29 is 9.15 Å². The molecule has 0 aliphatic carbocycles. The van der Waals surface area contributed by atoms with Crippen LogP contribution >= 0.6 is 0 Å². The van der Waals surface area contributed by atoms with Crippen LogP contribution in [0.4, 0.5) is 0 Å². The second-order valence-corrected chi connectivity index (χ2v) is 5.74. The highest BCUT2D eigenvalue weighted by molar-refractivity contribution is 5.25. The van der Waals surface area contributed by atoms with Crippen molar-refractivity contribution in [3.63, 3.8) is 0 Å². The van der Waals surface area contributed by atoms with Gasteiger partial charge in [0.05, 0.1) is 18.8 Å². The molecular formula is C16H23N3O2. The summed E-state index contributed by atoms with van der Waals surface area (Å²) in [6.07, 6.45) is 2.13. The summed E-state index contributed by atoms with van der Waals surface area (Å²) in [4.78, 5) is 2.39. The first-order chi connectivity index (χ1) is 10.2. The molecule has 1 aliphatic heterocycles. The van der Waals surface area contributed by atoms with Crippen LogP contribution in [0.2, 0.25) is 0 Å². The maximum atomic E-state index is 5.70. The minimum Gasteiger partial charge on any atom is -0.465 e. The Hall–Kier alpha value is -1.59. The second kappa shape index (κ2) is 6.03. The first-order valence-electron chi connectivity index (χ1n) is 7.53. The number of aromatic nitrogens is 2. The highest BCUT2D eigenvalue weighted by Crippen LogP contribution is 2.28. The lowest BCUT2D eigenvalue weighted by molar-refractivity contribution is 0.102. The predicted octanol–water partition coefficient (Wildman–Crippen LogP) is 2.46. The monoisotopic (exact) mass is 289 g/mol. The van der Waals surface area contributed by atoms with E-state index >= 15 is 0 Å². The van der Waals surface area contributed by atoms with Gasteiger partial charge in [0.25, 0.3) is 0 Å². The number of furan rings is 1. The Morgan fingerprint density at radius 2 is 2.29 bits per heavy atom. The van der Waals surface area contributed by atoms with Crippen molar-refractivity contribution in [2.45, 2.75) is 32.9 Å². The number of ether oxygens (including phenoxy) is 1. The molecule has 1 atom stereocenters. The zero-order valence-corrected chi connectivity index (χ0v) is 13.0. The average molecular weight is 289 g/mol. The van der Waals surface area contributed by atoms with Gasteiger partial charge >= 0.3 is 0 Å². The van der Waals surface area contributed by atoms with Gasteiger partial charge in [-0.1, -0.05) is 0 Å². The number of aryl methyl sites for hydroxylation is 2. The van der Waals surface area contributed by atoms with Crippen molar-refractivity contribution in [2.24, 2.45) is 7.05 Å². The van der Waals surface area contributed by atoms with E-state index in [2.05, 4.69) is 22.3 Å². The van der Waals surface area contributed by atoms with Gasteiger partial charge in [0.2, 0.25) is 0 Å².